The third-order valence-corrected chi connectivity index (χ3v) is 3.41. The number of aryl methyl sites for hydroxylation is 2. The van der Waals surface area contributed by atoms with Crippen LogP contribution in [-0.2, 0) is 22.3 Å². The van der Waals surface area contributed by atoms with E-state index in [1.165, 1.54) is 36.8 Å². The fourth-order valence-corrected chi connectivity index (χ4v) is 2.48. The summed E-state index contributed by atoms with van der Waals surface area (Å²) in [6, 6.07) is 6.42. The van der Waals surface area contributed by atoms with Crippen LogP contribution in [0.15, 0.2) is 18.2 Å². The van der Waals surface area contributed by atoms with Crippen LogP contribution in [0.25, 0.3) is 0 Å². The number of ether oxygens (including phenoxy) is 3. The molecule has 1 aromatic carbocycles. The second-order valence-electron chi connectivity index (χ2n) is 4.79. The minimum absolute atomic E-state index is 0.272. The van der Waals surface area contributed by atoms with Gasteiger partial charge in [-0.2, -0.15) is 0 Å². The van der Waals surface area contributed by atoms with Crippen LogP contribution in [-0.4, -0.2) is 26.1 Å². The van der Waals surface area contributed by atoms with Crippen LogP contribution in [0.2, 0.25) is 0 Å². The van der Waals surface area contributed by atoms with Crippen molar-refractivity contribution in [2.45, 2.75) is 45.8 Å². The molecule has 0 saturated heterocycles. The van der Waals surface area contributed by atoms with E-state index < -0.39 is 0 Å². The smallest absolute Gasteiger partial charge is 0.191 e. The number of rotatable bonds is 7. The van der Waals surface area contributed by atoms with Crippen LogP contribution in [0.1, 0.15) is 37.8 Å². The molecule has 0 amide bonds. The summed E-state index contributed by atoms with van der Waals surface area (Å²) in [5.41, 5.74) is 2.91. The molecule has 0 aromatic heterocycles. The van der Waals surface area contributed by atoms with Gasteiger partial charge in [0.1, 0.15) is 12.4 Å². The van der Waals surface area contributed by atoms with Crippen molar-refractivity contribution in [1.82, 2.24) is 0 Å². The number of fused-ring (bicyclic) bond motifs is 1. The minimum atomic E-state index is -0.272. The summed E-state index contributed by atoms with van der Waals surface area (Å²) in [5.74, 6) is 0.921. The van der Waals surface area contributed by atoms with Crippen molar-refractivity contribution in [1.29, 1.82) is 0 Å². The fourth-order valence-electron chi connectivity index (χ4n) is 2.48. The highest BCUT2D eigenvalue weighted by Gasteiger charge is 2.12. The van der Waals surface area contributed by atoms with Crippen molar-refractivity contribution in [2.24, 2.45) is 0 Å². The Bertz CT molecular complexity index is 384. The van der Waals surface area contributed by atoms with E-state index >= 15 is 0 Å². The van der Waals surface area contributed by atoms with Crippen molar-refractivity contribution in [3.8, 4) is 5.75 Å². The molecule has 3 nitrogen and oxygen atoms in total. The van der Waals surface area contributed by atoms with Gasteiger partial charge in [0.2, 0.25) is 0 Å². The van der Waals surface area contributed by atoms with Crippen molar-refractivity contribution in [3.05, 3.63) is 29.3 Å². The van der Waals surface area contributed by atoms with Crippen molar-refractivity contribution in [3.63, 3.8) is 0 Å². The first-order valence-electron chi connectivity index (χ1n) is 7.31. The molecular weight excluding hydrogens is 240 g/mol. The maximum Gasteiger partial charge on any atom is 0.191 e. The molecule has 0 fully saturated rings. The van der Waals surface area contributed by atoms with Gasteiger partial charge in [-0.3, -0.25) is 0 Å². The molecule has 1 aromatic rings. The zero-order valence-electron chi connectivity index (χ0n) is 12.0. The molecule has 106 valence electrons. The normalized spacial score (nSPS) is 14.5. The zero-order valence-corrected chi connectivity index (χ0v) is 12.0. The fraction of sp³-hybridized carbons (Fsp3) is 0.625. The first kappa shape index (κ1) is 14.4. The van der Waals surface area contributed by atoms with Gasteiger partial charge < -0.3 is 14.2 Å². The average Bonchev–Trinajstić information content (AvgIpc) is 2.45. The zero-order chi connectivity index (χ0) is 13.5. The van der Waals surface area contributed by atoms with Gasteiger partial charge in [-0.15, -0.1) is 0 Å². The molecule has 0 bridgehead atoms. The van der Waals surface area contributed by atoms with E-state index in [0.717, 1.165) is 5.75 Å². The van der Waals surface area contributed by atoms with Crippen LogP contribution >= 0.6 is 0 Å². The lowest BCUT2D eigenvalue weighted by molar-refractivity contribution is -0.152. The number of hydrogen-bond donors (Lipinski definition) is 0. The summed E-state index contributed by atoms with van der Waals surface area (Å²) < 4.78 is 16.7. The monoisotopic (exact) mass is 264 g/mol. The molecular formula is C16H24O3. The summed E-state index contributed by atoms with van der Waals surface area (Å²) in [6.45, 7) is 5.65. The first-order valence-corrected chi connectivity index (χ1v) is 7.31. The Morgan fingerprint density at radius 1 is 1.00 bits per heavy atom. The molecule has 0 heterocycles. The van der Waals surface area contributed by atoms with E-state index in [-0.39, 0.29) is 6.29 Å². The highest BCUT2D eigenvalue weighted by Crippen LogP contribution is 2.25. The van der Waals surface area contributed by atoms with Gasteiger partial charge in [0, 0.05) is 13.2 Å². The van der Waals surface area contributed by atoms with E-state index in [4.69, 9.17) is 14.2 Å². The van der Waals surface area contributed by atoms with E-state index in [2.05, 4.69) is 18.2 Å². The average molecular weight is 264 g/mol. The van der Waals surface area contributed by atoms with Crippen molar-refractivity contribution < 1.29 is 14.2 Å². The van der Waals surface area contributed by atoms with Gasteiger partial charge >= 0.3 is 0 Å². The summed E-state index contributed by atoms with van der Waals surface area (Å²) in [4.78, 5) is 0. The molecule has 19 heavy (non-hydrogen) atoms. The second-order valence-corrected chi connectivity index (χ2v) is 4.79. The molecule has 0 unspecified atom stereocenters. The molecule has 0 spiro atoms. The van der Waals surface area contributed by atoms with E-state index in [1.54, 1.807) is 0 Å². The standard InChI is InChI=1S/C16H24O3/c1-3-17-16(18-4-2)12-19-15-10-9-13-7-5-6-8-14(13)11-15/h9-11,16H,3-8,12H2,1-2H3. The van der Waals surface area contributed by atoms with Crippen LogP contribution in [0.5, 0.6) is 5.75 Å². The highest BCUT2D eigenvalue weighted by molar-refractivity contribution is 5.37. The molecule has 3 heteroatoms. The van der Waals surface area contributed by atoms with Crippen molar-refractivity contribution >= 4 is 0 Å². The Balaban J connectivity index is 1.91. The largest absolute Gasteiger partial charge is 0.488 e. The highest BCUT2D eigenvalue weighted by atomic mass is 16.7. The minimum Gasteiger partial charge on any atom is -0.488 e. The summed E-state index contributed by atoms with van der Waals surface area (Å²) in [6.07, 6.45) is 4.70. The molecule has 0 aliphatic heterocycles. The van der Waals surface area contributed by atoms with E-state index in [9.17, 15) is 0 Å². The summed E-state index contributed by atoms with van der Waals surface area (Å²) in [5, 5.41) is 0. The van der Waals surface area contributed by atoms with Crippen LogP contribution in [0, 0.1) is 0 Å². The summed E-state index contributed by atoms with van der Waals surface area (Å²) >= 11 is 0. The Morgan fingerprint density at radius 2 is 1.68 bits per heavy atom. The molecule has 2 rings (SSSR count). The predicted molar refractivity (Wildman–Crippen MR) is 75.6 cm³/mol. The predicted octanol–water partition coefficient (Wildman–Crippen LogP) is 3.34. The second kappa shape index (κ2) is 7.51. The van der Waals surface area contributed by atoms with Gasteiger partial charge in [0.05, 0.1) is 0 Å². The van der Waals surface area contributed by atoms with Gasteiger partial charge in [-0.05, 0) is 62.8 Å². The van der Waals surface area contributed by atoms with Crippen LogP contribution in [0.3, 0.4) is 0 Å². The summed E-state index contributed by atoms with van der Waals surface area (Å²) in [7, 11) is 0. The van der Waals surface area contributed by atoms with Gasteiger partial charge in [0.15, 0.2) is 6.29 Å². The van der Waals surface area contributed by atoms with Gasteiger partial charge in [0.25, 0.3) is 0 Å². The van der Waals surface area contributed by atoms with Crippen LogP contribution < -0.4 is 4.74 Å². The molecule has 0 N–H and O–H groups in total. The molecule has 0 atom stereocenters. The number of benzene rings is 1. The maximum atomic E-state index is 5.79. The lowest BCUT2D eigenvalue weighted by Crippen LogP contribution is -2.25. The Morgan fingerprint density at radius 3 is 2.37 bits per heavy atom. The Kier molecular flexibility index (Phi) is 5.67. The first-order chi connectivity index (χ1) is 9.33. The quantitative estimate of drug-likeness (QED) is 0.707. The van der Waals surface area contributed by atoms with Gasteiger partial charge in [-0.25, -0.2) is 0 Å². The molecule has 0 radical (unpaired) electrons. The topological polar surface area (TPSA) is 27.7 Å². The van der Waals surface area contributed by atoms with E-state index in [1.807, 2.05) is 13.8 Å². The third-order valence-electron chi connectivity index (χ3n) is 3.41. The van der Waals surface area contributed by atoms with Crippen LogP contribution in [0.4, 0.5) is 0 Å². The van der Waals surface area contributed by atoms with E-state index in [0.29, 0.717) is 19.8 Å². The molecule has 0 saturated carbocycles. The molecule has 1 aliphatic carbocycles. The SMILES string of the molecule is CCOC(COc1ccc2c(c1)CCCC2)OCC. The Labute approximate surface area is 115 Å². The lowest BCUT2D eigenvalue weighted by Gasteiger charge is -2.19. The third kappa shape index (κ3) is 4.22. The Hall–Kier alpha value is -1.06. The lowest BCUT2D eigenvalue weighted by atomic mass is 9.92. The van der Waals surface area contributed by atoms with Gasteiger partial charge in [-0.1, -0.05) is 6.07 Å². The number of hydrogen-bond acceptors (Lipinski definition) is 3. The van der Waals surface area contributed by atoms with Crippen molar-refractivity contribution in [2.75, 3.05) is 19.8 Å². The maximum absolute atomic E-state index is 5.79. The molecule has 1 aliphatic rings.